The van der Waals surface area contributed by atoms with Crippen molar-refractivity contribution in [2.75, 3.05) is 31.7 Å². The van der Waals surface area contributed by atoms with E-state index in [2.05, 4.69) is 36.1 Å². The Labute approximate surface area is 155 Å². The second-order valence-electron chi connectivity index (χ2n) is 8.41. The van der Waals surface area contributed by atoms with Gasteiger partial charge >= 0.3 is 6.09 Å². The molecular weight excluding hydrogens is 330 g/mol. The Bertz CT molecular complexity index is 685. The third-order valence-electron chi connectivity index (χ3n) is 5.20. The maximum Gasteiger partial charge on any atom is 0.410 e. The van der Waals surface area contributed by atoms with E-state index >= 15 is 0 Å². The van der Waals surface area contributed by atoms with E-state index in [1.165, 1.54) is 5.56 Å². The molecule has 2 saturated heterocycles. The van der Waals surface area contributed by atoms with Gasteiger partial charge in [0.1, 0.15) is 11.1 Å². The van der Waals surface area contributed by atoms with Crippen molar-refractivity contribution < 1.29 is 14.3 Å². The van der Waals surface area contributed by atoms with Gasteiger partial charge in [0, 0.05) is 25.8 Å². The van der Waals surface area contributed by atoms with Crippen LogP contribution in [0.1, 0.15) is 39.2 Å². The Morgan fingerprint density at radius 3 is 2.23 bits per heavy atom. The van der Waals surface area contributed by atoms with Gasteiger partial charge in [0.05, 0.1) is 6.67 Å². The van der Waals surface area contributed by atoms with Crippen LogP contribution in [0.2, 0.25) is 0 Å². The number of likely N-dealkylation sites (N-methyl/N-ethyl adjacent to an activating group) is 1. The fourth-order valence-corrected chi connectivity index (χ4v) is 3.81. The minimum Gasteiger partial charge on any atom is -0.444 e. The number of rotatable bonds is 1. The van der Waals surface area contributed by atoms with E-state index in [1.807, 2.05) is 27.8 Å². The van der Waals surface area contributed by atoms with Crippen LogP contribution in [0.25, 0.3) is 0 Å². The molecule has 6 nitrogen and oxygen atoms in total. The van der Waals surface area contributed by atoms with Crippen molar-refractivity contribution in [3.05, 3.63) is 29.8 Å². The van der Waals surface area contributed by atoms with E-state index in [0.29, 0.717) is 32.6 Å². The molecule has 1 aromatic rings. The van der Waals surface area contributed by atoms with Crippen molar-refractivity contribution in [3.63, 3.8) is 0 Å². The molecule has 2 heterocycles. The summed E-state index contributed by atoms with van der Waals surface area (Å²) in [6, 6.07) is 8.29. The number of carbonyl (C=O) groups is 2. The van der Waals surface area contributed by atoms with Gasteiger partial charge in [-0.15, -0.1) is 0 Å². The second-order valence-corrected chi connectivity index (χ2v) is 8.41. The average Bonchev–Trinajstić information content (AvgIpc) is 2.80. The molecule has 6 heteroatoms. The molecule has 0 atom stereocenters. The number of aryl methyl sites for hydroxylation is 1. The van der Waals surface area contributed by atoms with Gasteiger partial charge in [0.15, 0.2) is 0 Å². The topological polar surface area (TPSA) is 53.1 Å². The lowest BCUT2D eigenvalue weighted by molar-refractivity contribution is -0.132. The van der Waals surface area contributed by atoms with Gasteiger partial charge in [-0.1, -0.05) is 17.7 Å². The van der Waals surface area contributed by atoms with Crippen molar-refractivity contribution in [2.45, 2.75) is 51.7 Å². The summed E-state index contributed by atoms with van der Waals surface area (Å²) in [5.41, 5.74) is 1.17. The molecule has 142 valence electrons. The predicted octanol–water partition coefficient (Wildman–Crippen LogP) is 3.00. The number of anilines is 1. The first kappa shape index (κ1) is 18.5. The minimum absolute atomic E-state index is 0.141. The predicted molar refractivity (Wildman–Crippen MR) is 101 cm³/mol. The lowest BCUT2D eigenvalue weighted by Gasteiger charge is -2.43. The van der Waals surface area contributed by atoms with Crippen LogP contribution < -0.4 is 4.90 Å². The number of likely N-dealkylation sites (tertiary alicyclic amines) is 1. The van der Waals surface area contributed by atoms with Crippen molar-refractivity contribution in [1.82, 2.24) is 9.80 Å². The number of piperidine rings is 1. The van der Waals surface area contributed by atoms with Gasteiger partial charge in [-0.2, -0.15) is 0 Å². The van der Waals surface area contributed by atoms with Crippen LogP contribution >= 0.6 is 0 Å². The monoisotopic (exact) mass is 359 g/mol. The molecule has 0 bridgehead atoms. The Morgan fingerprint density at radius 2 is 1.69 bits per heavy atom. The third-order valence-corrected chi connectivity index (χ3v) is 5.20. The fourth-order valence-electron chi connectivity index (χ4n) is 3.81. The molecule has 0 N–H and O–H groups in total. The highest BCUT2D eigenvalue weighted by Crippen LogP contribution is 2.39. The number of ether oxygens (including phenoxy) is 1. The Morgan fingerprint density at radius 1 is 1.12 bits per heavy atom. The van der Waals surface area contributed by atoms with Gasteiger partial charge in [0.25, 0.3) is 0 Å². The molecular formula is C20H29N3O3. The summed E-state index contributed by atoms with van der Waals surface area (Å²) in [6.45, 7) is 9.28. The first-order chi connectivity index (χ1) is 12.1. The van der Waals surface area contributed by atoms with Crippen molar-refractivity contribution in [1.29, 1.82) is 0 Å². The van der Waals surface area contributed by atoms with E-state index in [9.17, 15) is 9.59 Å². The largest absolute Gasteiger partial charge is 0.444 e. The van der Waals surface area contributed by atoms with Crippen LogP contribution in [0.4, 0.5) is 10.5 Å². The van der Waals surface area contributed by atoms with Crippen molar-refractivity contribution >= 4 is 17.7 Å². The molecule has 2 aliphatic heterocycles. The van der Waals surface area contributed by atoms with Gasteiger partial charge in [-0.05, 0) is 52.7 Å². The van der Waals surface area contributed by atoms with Crippen molar-refractivity contribution in [2.24, 2.45) is 0 Å². The number of hydrogen-bond donors (Lipinski definition) is 0. The van der Waals surface area contributed by atoms with Gasteiger partial charge in [-0.3, -0.25) is 4.79 Å². The van der Waals surface area contributed by atoms with E-state index in [1.54, 1.807) is 9.80 Å². The molecule has 0 radical (unpaired) electrons. The highest BCUT2D eigenvalue weighted by atomic mass is 16.6. The van der Waals surface area contributed by atoms with Crippen LogP contribution in [0, 0.1) is 6.92 Å². The normalized spacial score (nSPS) is 20.0. The van der Waals surface area contributed by atoms with Crippen molar-refractivity contribution in [3.8, 4) is 0 Å². The summed E-state index contributed by atoms with van der Waals surface area (Å²) < 4.78 is 5.48. The number of carbonyl (C=O) groups excluding carboxylic acids is 2. The summed E-state index contributed by atoms with van der Waals surface area (Å²) in [4.78, 5) is 31.0. The molecule has 2 aliphatic rings. The van der Waals surface area contributed by atoms with E-state index in [0.717, 1.165) is 5.69 Å². The summed E-state index contributed by atoms with van der Waals surface area (Å²) in [7, 11) is 1.85. The van der Waals surface area contributed by atoms with Gasteiger partial charge in [-0.25, -0.2) is 4.79 Å². The van der Waals surface area contributed by atoms with Crippen LogP contribution in [-0.4, -0.2) is 59.7 Å². The SMILES string of the molecule is Cc1ccc(N2CN(C)C(=O)C23CCN(C(=O)OC(C)(C)C)CC3)cc1. The lowest BCUT2D eigenvalue weighted by atomic mass is 9.85. The Kier molecular flexibility index (Phi) is 4.63. The summed E-state index contributed by atoms with van der Waals surface area (Å²) in [5.74, 6) is 0.141. The molecule has 0 aliphatic carbocycles. The van der Waals surface area contributed by atoms with Crippen LogP contribution in [-0.2, 0) is 9.53 Å². The summed E-state index contributed by atoms with van der Waals surface area (Å²) >= 11 is 0. The Hall–Kier alpha value is -2.24. The summed E-state index contributed by atoms with van der Waals surface area (Å²) in [6.07, 6.45) is 0.931. The first-order valence-corrected chi connectivity index (χ1v) is 9.20. The zero-order chi connectivity index (χ0) is 19.1. The molecule has 2 fully saturated rings. The lowest BCUT2D eigenvalue weighted by Crippen LogP contribution is -2.57. The number of hydrogen-bond acceptors (Lipinski definition) is 4. The van der Waals surface area contributed by atoms with Crippen LogP contribution in [0.3, 0.4) is 0 Å². The summed E-state index contributed by atoms with van der Waals surface area (Å²) in [5, 5.41) is 0. The highest BCUT2D eigenvalue weighted by molar-refractivity contribution is 5.93. The molecule has 3 rings (SSSR count). The second kappa shape index (κ2) is 6.49. The smallest absolute Gasteiger partial charge is 0.410 e. The van der Waals surface area contributed by atoms with Gasteiger partial charge < -0.3 is 19.4 Å². The number of nitrogens with zero attached hydrogens (tertiary/aromatic N) is 3. The molecule has 26 heavy (non-hydrogen) atoms. The fraction of sp³-hybridized carbons (Fsp3) is 0.600. The number of amides is 2. The van der Waals surface area contributed by atoms with Gasteiger partial charge in [0.2, 0.25) is 5.91 Å². The molecule has 1 aromatic carbocycles. The first-order valence-electron chi connectivity index (χ1n) is 9.20. The standard InChI is InChI=1S/C20H29N3O3/c1-15-6-8-16(9-7-15)23-14-21(5)17(24)20(23)10-12-22(13-11-20)18(25)26-19(2,3)4/h6-9H,10-14H2,1-5H3. The minimum atomic E-state index is -0.567. The van der Waals surface area contributed by atoms with E-state index < -0.39 is 11.1 Å². The highest BCUT2D eigenvalue weighted by Gasteiger charge is 2.53. The quantitative estimate of drug-likeness (QED) is 0.773. The Balaban J connectivity index is 1.78. The molecule has 2 amide bonds. The average molecular weight is 359 g/mol. The zero-order valence-corrected chi connectivity index (χ0v) is 16.4. The number of benzene rings is 1. The zero-order valence-electron chi connectivity index (χ0n) is 16.4. The maximum absolute atomic E-state index is 13.0. The molecule has 0 aromatic heterocycles. The van der Waals surface area contributed by atoms with Crippen LogP contribution in [0.5, 0.6) is 0 Å². The third kappa shape index (κ3) is 3.37. The maximum atomic E-state index is 13.0. The van der Waals surface area contributed by atoms with E-state index in [4.69, 9.17) is 4.74 Å². The molecule has 1 spiro atoms. The van der Waals surface area contributed by atoms with Crippen LogP contribution in [0.15, 0.2) is 24.3 Å². The molecule has 0 unspecified atom stereocenters. The van der Waals surface area contributed by atoms with E-state index in [-0.39, 0.29) is 12.0 Å². The molecule has 0 saturated carbocycles.